The minimum atomic E-state index is 0.198. The summed E-state index contributed by atoms with van der Waals surface area (Å²) in [5, 5.41) is 3.49. The van der Waals surface area contributed by atoms with Crippen LogP contribution in [0.1, 0.15) is 25.5 Å². The molecule has 0 radical (unpaired) electrons. The fraction of sp³-hybridized carbons (Fsp3) is 0.625. The molecule has 0 aliphatic carbocycles. The van der Waals surface area contributed by atoms with Crippen LogP contribution in [0, 0.1) is 5.41 Å². The van der Waals surface area contributed by atoms with Crippen LogP contribution in [0.2, 0.25) is 0 Å². The van der Waals surface area contributed by atoms with E-state index in [0.717, 1.165) is 13.1 Å². The molecule has 0 aliphatic rings. The van der Waals surface area contributed by atoms with Gasteiger partial charge in [-0.2, -0.15) is 11.8 Å². The maximum absolute atomic E-state index is 3.49. The summed E-state index contributed by atoms with van der Waals surface area (Å²) in [6, 6.07) is 11.1. The minimum absolute atomic E-state index is 0.198. The number of hydrogen-bond acceptors (Lipinski definition) is 3. The molecule has 1 aromatic rings. The molecule has 0 spiro atoms. The van der Waals surface area contributed by atoms with Crippen molar-refractivity contribution in [2.45, 2.75) is 19.9 Å². The van der Waals surface area contributed by atoms with Crippen LogP contribution in [-0.4, -0.2) is 44.1 Å². The summed E-state index contributed by atoms with van der Waals surface area (Å²) in [5.41, 5.74) is 1.57. The molecular formula is C16H28N2S. The Morgan fingerprint density at radius 1 is 1.26 bits per heavy atom. The monoisotopic (exact) mass is 280 g/mol. The Labute approximate surface area is 123 Å². The zero-order valence-corrected chi connectivity index (χ0v) is 13.8. The molecule has 108 valence electrons. The van der Waals surface area contributed by atoms with Crippen molar-refractivity contribution in [2.24, 2.45) is 5.41 Å². The van der Waals surface area contributed by atoms with Crippen LogP contribution in [0.4, 0.5) is 0 Å². The lowest BCUT2D eigenvalue weighted by atomic mass is 9.80. The van der Waals surface area contributed by atoms with Crippen LogP contribution < -0.4 is 5.32 Å². The summed E-state index contributed by atoms with van der Waals surface area (Å²) in [6.45, 7) is 6.93. The number of hydrogen-bond donors (Lipinski definition) is 1. The van der Waals surface area contributed by atoms with Crippen LogP contribution in [0.25, 0.3) is 0 Å². The normalized spacial score (nSPS) is 13.8. The first kappa shape index (κ1) is 16.5. The second-order valence-corrected chi connectivity index (χ2v) is 6.84. The van der Waals surface area contributed by atoms with E-state index < -0.39 is 0 Å². The summed E-state index contributed by atoms with van der Waals surface area (Å²) < 4.78 is 0. The van der Waals surface area contributed by atoms with E-state index in [2.05, 4.69) is 74.7 Å². The van der Waals surface area contributed by atoms with Crippen molar-refractivity contribution in [3.63, 3.8) is 0 Å². The highest BCUT2D eigenvalue weighted by Gasteiger charge is 2.30. The number of nitrogens with one attached hydrogen (secondary N) is 1. The van der Waals surface area contributed by atoms with E-state index in [4.69, 9.17) is 0 Å². The van der Waals surface area contributed by atoms with Gasteiger partial charge in [0.1, 0.15) is 0 Å². The van der Waals surface area contributed by atoms with E-state index in [1.807, 2.05) is 11.8 Å². The van der Waals surface area contributed by atoms with Crippen molar-refractivity contribution < 1.29 is 0 Å². The van der Waals surface area contributed by atoms with Crippen molar-refractivity contribution in [3.05, 3.63) is 35.9 Å². The maximum atomic E-state index is 3.49. The molecule has 0 saturated heterocycles. The van der Waals surface area contributed by atoms with Crippen LogP contribution in [0.5, 0.6) is 0 Å². The molecule has 1 rings (SSSR count). The molecule has 0 fully saturated rings. The van der Waals surface area contributed by atoms with E-state index in [1.54, 1.807) is 0 Å². The Morgan fingerprint density at radius 3 is 2.42 bits per heavy atom. The zero-order valence-electron chi connectivity index (χ0n) is 12.9. The van der Waals surface area contributed by atoms with Crippen molar-refractivity contribution in [3.8, 4) is 0 Å². The van der Waals surface area contributed by atoms with Gasteiger partial charge in [-0.05, 0) is 31.3 Å². The van der Waals surface area contributed by atoms with Gasteiger partial charge < -0.3 is 10.2 Å². The molecule has 1 atom stereocenters. The second kappa shape index (κ2) is 7.93. The lowest BCUT2D eigenvalue weighted by Gasteiger charge is -2.37. The predicted octanol–water partition coefficient (Wildman–Crippen LogP) is 3.27. The van der Waals surface area contributed by atoms with E-state index in [9.17, 15) is 0 Å². The molecular weight excluding hydrogens is 252 g/mol. The molecule has 0 aliphatic heterocycles. The number of benzene rings is 1. The van der Waals surface area contributed by atoms with Crippen molar-refractivity contribution in [2.75, 3.05) is 39.2 Å². The van der Waals surface area contributed by atoms with Gasteiger partial charge >= 0.3 is 0 Å². The third-order valence-corrected chi connectivity index (χ3v) is 4.15. The van der Waals surface area contributed by atoms with Crippen LogP contribution >= 0.6 is 11.8 Å². The zero-order chi connectivity index (χ0) is 14.3. The maximum Gasteiger partial charge on any atom is 0.0381 e. The van der Waals surface area contributed by atoms with Gasteiger partial charge in [-0.3, -0.25) is 0 Å². The van der Waals surface area contributed by atoms with E-state index in [0.29, 0.717) is 6.04 Å². The third-order valence-electron chi connectivity index (χ3n) is 3.56. The number of nitrogens with zero attached hydrogens (tertiary/aromatic N) is 1. The second-order valence-electron chi connectivity index (χ2n) is 5.85. The van der Waals surface area contributed by atoms with Gasteiger partial charge in [0, 0.05) is 24.9 Å². The van der Waals surface area contributed by atoms with Crippen molar-refractivity contribution >= 4 is 11.8 Å². The summed E-state index contributed by atoms with van der Waals surface area (Å²) in [6.07, 6.45) is 2.17. The topological polar surface area (TPSA) is 15.3 Å². The molecule has 0 saturated carbocycles. The lowest BCUT2D eigenvalue weighted by Crippen LogP contribution is -2.41. The smallest absolute Gasteiger partial charge is 0.0381 e. The highest BCUT2D eigenvalue weighted by atomic mass is 32.2. The standard InChI is InChI=1S/C16H28N2S/c1-16(2,13-18(4)11-12-19-5)15(17-3)14-9-7-6-8-10-14/h6-10,15,17H,11-13H2,1-5H3. The SMILES string of the molecule is CNC(c1ccccc1)C(C)(C)CN(C)CCSC. The van der Waals surface area contributed by atoms with Gasteiger partial charge in [-0.1, -0.05) is 44.2 Å². The van der Waals surface area contributed by atoms with Gasteiger partial charge in [0.2, 0.25) is 0 Å². The fourth-order valence-corrected chi connectivity index (χ4v) is 3.26. The molecule has 0 bridgehead atoms. The van der Waals surface area contributed by atoms with Crippen LogP contribution in [0.15, 0.2) is 30.3 Å². The Morgan fingerprint density at radius 2 is 1.89 bits per heavy atom. The Kier molecular flexibility index (Phi) is 6.90. The molecule has 1 aromatic carbocycles. The average Bonchev–Trinajstić information content (AvgIpc) is 2.37. The van der Waals surface area contributed by atoms with Crippen molar-refractivity contribution in [1.29, 1.82) is 0 Å². The first-order valence-corrected chi connectivity index (χ1v) is 8.30. The molecule has 0 heterocycles. The average molecular weight is 280 g/mol. The molecule has 1 N–H and O–H groups in total. The van der Waals surface area contributed by atoms with E-state index >= 15 is 0 Å². The van der Waals surface area contributed by atoms with Gasteiger partial charge in [0.15, 0.2) is 0 Å². The fourth-order valence-electron chi connectivity index (χ4n) is 2.77. The molecule has 0 aromatic heterocycles. The molecule has 1 unspecified atom stereocenters. The highest BCUT2D eigenvalue weighted by Crippen LogP contribution is 2.33. The largest absolute Gasteiger partial charge is 0.313 e. The number of rotatable bonds is 8. The summed E-state index contributed by atoms with van der Waals surface area (Å²) in [7, 11) is 4.27. The lowest BCUT2D eigenvalue weighted by molar-refractivity contribution is 0.167. The van der Waals surface area contributed by atoms with Crippen LogP contribution in [-0.2, 0) is 0 Å². The summed E-state index contributed by atoms with van der Waals surface area (Å²) in [5.74, 6) is 1.20. The molecule has 19 heavy (non-hydrogen) atoms. The molecule has 2 nitrogen and oxygen atoms in total. The first-order chi connectivity index (χ1) is 9.01. The Bertz CT molecular complexity index is 351. The first-order valence-electron chi connectivity index (χ1n) is 6.91. The quantitative estimate of drug-likeness (QED) is 0.787. The van der Waals surface area contributed by atoms with E-state index in [-0.39, 0.29) is 5.41 Å². The summed E-state index contributed by atoms with van der Waals surface area (Å²) in [4.78, 5) is 2.43. The van der Waals surface area contributed by atoms with Crippen molar-refractivity contribution in [1.82, 2.24) is 10.2 Å². The predicted molar refractivity (Wildman–Crippen MR) is 87.9 cm³/mol. The van der Waals surface area contributed by atoms with Gasteiger partial charge in [-0.15, -0.1) is 0 Å². The molecule has 0 amide bonds. The third kappa shape index (κ3) is 5.17. The van der Waals surface area contributed by atoms with Gasteiger partial charge in [0.05, 0.1) is 0 Å². The van der Waals surface area contributed by atoms with Gasteiger partial charge in [-0.25, -0.2) is 0 Å². The van der Waals surface area contributed by atoms with Gasteiger partial charge in [0.25, 0.3) is 0 Å². The van der Waals surface area contributed by atoms with E-state index in [1.165, 1.54) is 11.3 Å². The van der Waals surface area contributed by atoms with Crippen LogP contribution in [0.3, 0.4) is 0 Å². The Hall–Kier alpha value is -0.510. The Balaban J connectivity index is 2.73. The molecule has 3 heteroatoms. The highest BCUT2D eigenvalue weighted by molar-refractivity contribution is 7.98. The summed E-state index contributed by atoms with van der Waals surface area (Å²) >= 11 is 1.91. The minimum Gasteiger partial charge on any atom is -0.313 e. The number of thioether (sulfide) groups is 1.